The number of carbonyl (C=O) groups is 1. The Labute approximate surface area is 110 Å². The van der Waals surface area contributed by atoms with E-state index in [0.717, 1.165) is 0 Å². The molecule has 5 heteroatoms. The molecule has 4 N–H and O–H groups in total. The summed E-state index contributed by atoms with van der Waals surface area (Å²) >= 11 is 0. The van der Waals surface area contributed by atoms with Crippen LogP contribution in [0.1, 0.15) is 19.9 Å². The SMILES string of the molecule is CC(C)[C@H](C(N)=O)n1ccc2c(N)cccc2c1=O. The van der Waals surface area contributed by atoms with Gasteiger partial charge in [0.2, 0.25) is 5.91 Å². The summed E-state index contributed by atoms with van der Waals surface area (Å²) in [5, 5.41) is 1.19. The van der Waals surface area contributed by atoms with Crippen molar-refractivity contribution < 1.29 is 4.79 Å². The van der Waals surface area contributed by atoms with Gasteiger partial charge in [0.1, 0.15) is 6.04 Å². The fourth-order valence-electron chi connectivity index (χ4n) is 2.32. The highest BCUT2D eigenvalue weighted by molar-refractivity contribution is 5.92. The van der Waals surface area contributed by atoms with Crippen LogP contribution >= 0.6 is 0 Å². The number of hydrogen-bond donors (Lipinski definition) is 2. The predicted molar refractivity (Wildman–Crippen MR) is 75.7 cm³/mol. The van der Waals surface area contributed by atoms with Crippen molar-refractivity contribution in [2.24, 2.45) is 11.7 Å². The number of aromatic nitrogens is 1. The summed E-state index contributed by atoms with van der Waals surface area (Å²) in [6.45, 7) is 3.71. The number of benzene rings is 1. The fraction of sp³-hybridized carbons (Fsp3) is 0.286. The number of nitrogens with two attached hydrogens (primary N) is 2. The maximum Gasteiger partial charge on any atom is 0.259 e. The molecule has 0 unspecified atom stereocenters. The first-order valence-corrected chi connectivity index (χ1v) is 6.12. The van der Waals surface area contributed by atoms with Gasteiger partial charge in [0.25, 0.3) is 5.56 Å². The van der Waals surface area contributed by atoms with E-state index in [0.29, 0.717) is 16.5 Å². The Bertz CT molecular complexity index is 689. The smallest absolute Gasteiger partial charge is 0.259 e. The number of fused-ring (bicyclic) bond motifs is 1. The van der Waals surface area contributed by atoms with Gasteiger partial charge in [-0.2, -0.15) is 0 Å². The van der Waals surface area contributed by atoms with E-state index < -0.39 is 11.9 Å². The van der Waals surface area contributed by atoms with Gasteiger partial charge in [-0.3, -0.25) is 9.59 Å². The van der Waals surface area contributed by atoms with Gasteiger partial charge in [0, 0.05) is 22.7 Å². The second-order valence-corrected chi connectivity index (χ2v) is 4.93. The number of anilines is 1. The molecule has 0 aliphatic rings. The first-order chi connectivity index (χ1) is 8.93. The molecule has 1 aromatic heterocycles. The molecule has 1 heterocycles. The summed E-state index contributed by atoms with van der Waals surface area (Å²) in [6.07, 6.45) is 1.58. The molecular weight excluding hydrogens is 242 g/mol. The van der Waals surface area contributed by atoms with Crippen LogP contribution in [0.2, 0.25) is 0 Å². The first kappa shape index (κ1) is 13.1. The van der Waals surface area contributed by atoms with Gasteiger partial charge in [0.15, 0.2) is 0 Å². The highest BCUT2D eigenvalue weighted by Crippen LogP contribution is 2.20. The van der Waals surface area contributed by atoms with Gasteiger partial charge in [-0.1, -0.05) is 19.9 Å². The van der Waals surface area contributed by atoms with Gasteiger partial charge in [-0.15, -0.1) is 0 Å². The summed E-state index contributed by atoms with van der Waals surface area (Å²) in [5.74, 6) is -0.575. The highest BCUT2D eigenvalue weighted by atomic mass is 16.2. The predicted octanol–water partition coefficient (Wildman–Crippen LogP) is 1.27. The zero-order valence-electron chi connectivity index (χ0n) is 11.0. The average Bonchev–Trinajstić information content (AvgIpc) is 2.32. The molecule has 19 heavy (non-hydrogen) atoms. The van der Waals surface area contributed by atoms with Crippen molar-refractivity contribution in [2.45, 2.75) is 19.9 Å². The van der Waals surface area contributed by atoms with Crippen molar-refractivity contribution in [1.29, 1.82) is 0 Å². The number of primary amides is 1. The van der Waals surface area contributed by atoms with Crippen LogP contribution in [0, 0.1) is 5.92 Å². The Morgan fingerprint density at radius 3 is 2.47 bits per heavy atom. The lowest BCUT2D eigenvalue weighted by molar-refractivity contribution is -0.122. The van der Waals surface area contributed by atoms with Gasteiger partial charge in [0.05, 0.1) is 0 Å². The number of rotatable bonds is 3. The van der Waals surface area contributed by atoms with Crippen LogP contribution in [-0.2, 0) is 4.79 Å². The molecule has 1 amide bonds. The Morgan fingerprint density at radius 1 is 1.21 bits per heavy atom. The van der Waals surface area contributed by atoms with Crippen LogP contribution in [0.5, 0.6) is 0 Å². The summed E-state index contributed by atoms with van der Waals surface area (Å²) in [4.78, 5) is 24.0. The minimum Gasteiger partial charge on any atom is -0.398 e. The summed E-state index contributed by atoms with van der Waals surface area (Å²) in [7, 11) is 0. The van der Waals surface area contributed by atoms with Crippen LogP contribution < -0.4 is 17.0 Å². The minimum absolute atomic E-state index is 0.0614. The Hall–Kier alpha value is -2.30. The number of carbonyl (C=O) groups excluding carboxylic acids is 1. The number of amides is 1. The molecule has 1 aromatic carbocycles. The maximum absolute atomic E-state index is 12.4. The van der Waals surface area contributed by atoms with Crippen molar-refractivity contribution in [1.82, 2.24) is 4.57 Å². The van der Waals surface area contributed by atoms with Crippen molar-refractivity contribution >= 4 is 22.4 Å². The van der Waals surface area contributed by atoms with E-state index in [1.807, 2.05) is 13.8 Å². The first-order valence-electron chi connectivity index (χ1n) is 6.12. The van der Waals surface area contributed by atoms with Crippen LogP contribution in [0.15, 0.2) is 35.3 Å². The molecular formula is C14H17N3O2. The molecule has 0 radical (unpaired) electrons. The quantitative estimate of drug-likeness (QED) is 0.813. The molecule has 0 saturated carbocycles. The van der Waals surface area contributed by atoms with Crippen LogP contribution in [-0.4, -0.2) is 10.5 Å². The summed E-state index contributed by atoms with van der Waals surface area (Å²) in [6, 6.07) is 6.24. The third kappa shape index (κ3) is 2.19. The number of hydrogen-bond acceptors (Lipinski definition) is 3. The molecule has 100 valence electrons. The van der Waals surface area contributed by atoms with E-state index in [4.69, 9.17) is 11.5 Å². The molecule has 1 atom stereocenters. The lowest BCUT2D eigenvalue weighted by Crippen LogP contribution is -2.36. The zero-order valence-corrected chi connectivity index (χ0v) is 11.0. The summed E-state index contributed by atoms with van der Waals surface area (Å²) in [5.41, 5.74) is 11.5. The standard InChI is InChI=1S/C14H17N3O2/c1-8(2)12(13(16)18)17-7-6-9-10(14(17)19)4-3-5-11(9)15/h3-8,12H,15H2,1-2H3,(H2,16,18)/t12-/m1/s1. The van der Waals surface area contributed by atoms with Crippen LogP contribution in [0.4, 0.5) is 5.69 Å². The van der Waals surface area contributed by atoms with Crippen molar-refractivity contribution in [2.75, 3.05) is 5.73 Å². The molecule has 2 aromatic rings. The van der Waals surface area contributed by atoms with Gasteiger partial charge < -0.3 is 16.0 Å². The van der Waals surface area contributed by atoms with Crippen molar-refractivity contribution in [3.05, 3.63) is 40.8 Å². The lowest BCUT2D eigenvalue weighted by atomic mass is 10.0. The topological polar surface area (TPSA) is 91.1 Å². The van der Waals surface area contributed by atoms with E-state index in [-0.39, 0.29) is 11.5 Å². The average molecular weight is 259 g/mol. The largest absolute Gasteiger partial charge is 0.398 e. The molecule has 0 fully saturated rings. The molecule has 0 aliphatic carbocycles. The van der Waals surface area contributed by atoms with Gasteiger partial charge >= 0.3 is 0 Å². The van der Waals surface area contributed by atoms with E-state index in [9.17, 15) is 9.59 Å². The second-order valence-electron chi connectivity index (χ2n) is 4.93. The molecule has 0 bridgehead atoms. The van der Waals surface area contributed by atoms with E-state index in [1.54, 1.807) is 30.5 Å². The second kappa shape index (κ2) is 4.76. The van der Waals surface area contributed by atoms with Crippen LogP contribution in [0.25, 0.3) is 10.8 Å². The van der Waals surface area contributed by atoms with Crippen LogP contribution in [0.3, 0.4) is 0 Å². The normalized spacial score (nSPS) is 12.8. The molecule has 2 rings (SSSR count). The Kier molecular flexibility index (Phi) is 3.29. The monoisotopic (exact) mass is 259 g/mol. The Morgan fingerprint density at radius 2 is 1.89 bits per heavy atom. The maximum atomic E-state index is 12.4. The Balaban J connectivity index is 2.73. The third-order valence-electron chi connectivity index (χ3n) is 3.23. The number of nitrogen functional groups attached to an aromatic ring is 1. The molecule has 0 saturated heterocycles. The number of nitrogens with zero attached hydrogens (tertiary/aromatic N) is 1. The van der Waals surface area contributed by atoms with E-state index in [2.05, 4.69) is 0 Å². The number of pyridine rings is 1. The summed E-state index contributed by atoms with van der Waals surface area (Å²) < 4.78 is 1.38. The fourth-order valence-corrected chi connectivity index (χ4v) is 2.32. The van der Waals surface area contributed by atoms with Gasteiger partial charge in [-0.05, 0) is 24.1 Å². The van der Waals surface area contributed by atoms with Gasteiger partial charge in [-0.25, -0.2) is 0 Å². The molecule has 0 spiro atoms. The van der Waals surface area contributed by atoms with E-state index >= 15 is 0 Å². The van der Waals surface area contributed by atoms with Crippen molar-refractivity contribution in [3.63, 3.8) is 0 Å². The highest BCUT2D eigenvalue weighted by Gasteiger charge is 2.23. The molecule has 5 nitrogen and oxygen atoms in total. The minimum atomic E-state index is -0.654. The zero-order chi connectivity index (χ0) is 14.2. The van der Waals surface area contributed by atoms with E-state index in [1.165, 1.54) is 4.57 Å². The van der Waals surface area contributed by atoms with Crippen molar-refractivity contribution in [3.8, 4) is 0 Å². The third-order valence-corrected chi connectivity index (χ3v) is 3.23. The molecule has 0 aliphatic heterocycles. The lowest BCUT2D eigenvalue weighted by Gasteiger charge is -2.20.